The quantitative estimate of drug-likeness (QED) is 0.319. The first-order valence-corrected chi connectivity index (χ1v) is 8.77. The first-order chi connectivity index (χ1) is 14.8. The number of nitrogens with one attached hydrogen (secondary N) is 1. The van der Waals surface area contributed by atoms with E-state index in [2.05, 4.69) is 5.32 Å². The number of anilines is 1. The summed E-state index contributed by atoms with van der Waals surface area (Å²) in [6.45, 7) is -1.15. The van der Waals surface area contributed by atoms with E-state index in [1.807, 2.05) is 0 Å². The van der Waals surface area contributed by atoms with Gasteiger partial charge in [0.1, 0.15) is 18.0 Å². The maximum absolute atomic E-state index is 12.1. The van der Waals surface area contributed by atoms with Crippen LogP contribution in [0.3, 0.4) is 0 Å². The Hall–Kier alpha value is -4.35. The third kappa shape index (κ3) is 4.80. The van der Waals surface area contributed by atoms with Gasteiger partial charge < -0.3 is 23.9 Å². The molecule has 12 heteroatoms. The largest absolute Gasteiger partial charge is 0.497 e. The summed E-state index contributed by atoms with van der Waals surface area (Å²) < 4.78 is 21.0. The van der Waals surface area contributed by atoms with Crippen molar-refractivity contribution in [2.45, 2.75) is 6.54 Å². The molecule has 31 heavy (non-hydrogen) atoms. The zero-order chi connectivity index (χ0) is 22.5. The standard InChI is InChI=1S/C19H17N3O9/c1-28-12-4-5-13(15(8-12)29-2)20-17(23)10-30-18(24)9-21-14-6-3-11(22(26)27)7-16(14)31-19(21)25/h3-8H,9-10H2,1-2H3,(H,20,23). The molecule has 0 atom stereocenters. The van der Waals surface area contributed by atoms with Crippen LogP contribution in [0.15, 0.2) is 45.6 Å². The van der Waals surface area contributed by atoms with E-state index in [0.29, 0.717) is 17.2 Å². The van der Waals surface area contributed by atoms with Crippen LogP contribution in [0.1, 0.15) is 0 Å². The Kier molecular flexibility index (Phi) is 6.19. The zero-order valence-electron chi connectivity index (χ0n) is 16.4. The Labute approximate surface area is 174 Å². The molecule has 0 aliphatic carbocycles. The van der Waals surface area contributed by atoms with E-state index in [1.165, 1.54) is 26.4 Å². The van der Waals surface area contributed by atoms with E-state index >= 15 is 0 Å². The minimum atomic E-state index is -0.889. The summed E-state index contributed by atoms with van der Waals surface area (Å²) in [5.74, 6) is -1.51. The van der Waals surface area contributed by atoms with Gasteiger partial charge in [-0.3, -0.25) is 24.3 Å². The highest BCUT2D eigenvalue weighted by molar-refractivity contribution is 5.94. The van der Waals surface area contributed by atoms with Crippen molar-refractivity contribution < 1.29 is 33.1 Å². The average Bonchev–Trinajstić information content (AvgIpc) is 3.06. The van der Waals surface area contributed by atoms with Gasteiger partial charge in [0.05, 0.1) is 36.4 Å². The molecule has 0 unspecified atom stereocenters. The van der Waals surface area contributed by atoms with Crippen molar-refractivity contribution in [1.82, 2.24) is 4.57 Å². The average molecular weight is 431 g/mol. The minimum Gasteiger partial charge on any atom is -0.497 e. The SMILES string of the molecule is COc1ccc(NC(=O)COC(=O)Cn2c(=O)oc3cc([N+](=O)[O-])ccc32)c(OC)c1. The predicted molar refractivity (Wildman–Crippen MR) is 106 cm³/mol. The number of nitrogens with zero attached hydrogens (tertiary/aromatic N) is 2. The molecule has 0 bridgehead atoms. The minimum absolute atomic E-state index is 0.0451. The van der Waals surface area contributed by atoms with Gasteiger partial charge in [-0.1, -0.05) is 0 Å². The normalized spacial score (nSPS) is 10.5. The molecular weight excluding hydrogens is 414 g/mol. The molecule has 1 heterocycles. The van der Waals surface area contributed by atoms with Crippen LogP contribution in [0.4, 0.5) is 11.4 Å². The number of hydrogen-bond donors (Lipinski definition) is 1. The summed E-state index contributed by atoms with van der Waals surface area (Å²) in [4.78, 5) is 46.3. The Morgan fingerprint density at radius 2 is 1.94 bits per heavy atom. The van der Waals surface area contributed by atoms with Crippen molar-refractivity contribution in [2.75, 3.05) is 26.1 Å². The van der Waals surface area contributed by atoms with Gasteiger partial charge in [-0.2, -0.15) is 0 Å². The molecule has 0 aliphatic rings. The third-order valence-electron chi connectivity index (χ3n) is 4.20. The van der Waals surface area contributed by atoms with Gasteiger partial charge in [0.2, 0.25) is 0 Å². The number of nitro benzene ring substituents is 1. The van der Waals surface area contributed by atoms with Crippen LogP contribution in [-0.4, -0.2) is 42.2 Å². The first-order valence-electron chi connectivity index (χ1n) is 8.77. The number of methoxy groups -OCH3 is 2. The number of nitro groups is 1. The maximum atomic E-state index is 12.1. The second-order valence-electron chi connectivity index (χ2n) is 6.14. The second-order valence-corrected chi connectivity index (χ2v) is 6.14. The molecule has 0 aliphatic heterocycles. The number of benzene rings is 2. The molecule has 3 aromatic rings. The molecule has 0 saturated carbocycles. The molecule has 12 nitrogen and oxygen atoms in total. The number of rotatable bonds is 8. The highest BCUT2D eigenvalue weighted by atomic mass is 16.6. The molecule has 1 N–H and O–H groups in total. The summed E-state index contributed by atoms with van der Waals surface area (Å²) in [6.07, 6.45) is 0. The van der Waals surface area contributed by atoms with Crippen LogP contribution in [0.5, 0.6) is 11.5 Å². The lowest BCUT2D eigenvalue weighted by atomic mass is 10.2. The van der Waals surface area contributed by atoms with E-state index in [9.17, 15) is 24.5 Å². The van der Waals surface area contributed by atoms with E-state index < -0.39 is 35.7 Å². The summed E-state index contributed by atoms with van der Waals surface area (Å²) in [7, 11) is 2.91. The number of non-ortho nitro benzene ring substituents is 1. The van der Waals surface area contributed by atoms with E-state index in [-0.39, 0.29) is 16.8 Å². The van der Waals surface area contributed by atoms with E-state index in [1.54, 1.807) is 18.2 Å². The number of esters is 1. The van der Waals surface area contributed by atoms with Crippen molar-refractivity contribution in [1.29, 1.82) is 0 Å². The Morgan fingerprint density at radius 3 is 2.61 bits per heavy atom. The molecule has 3 rings (SSSR count). The summed E-state index contributed by atoms with van der Waals surface area (Å²) in [6, 6.07) is 8.29. The number of fused-ring (bicyclic) bond motifs is 1. The fourth-order valence-electron chi connectivity index (χ4n) is 2.73. The molecule has 0 saturated heterocycles. The van der Waals surface area contributed by atoms with Crippen molar-refractivity contribution in [3.63, 3.8) is 0 Å². The molecule has 0 spiro atoms. The second kappa shape index (κ2) is 8.98. The fourth-order valence-corrected chi connectivity index (χ4v) is 2.73. The van der Waals surface area contributed by atoms with Gasteiger partial charge >= 0.3 is 11.7 Å². The zero-order valence-corrected chi connectivity index (χ0v) is 16.4. The third-order valence-corrected chi connectivity index (χ3v) is 4.20. The number of oxazole rings is 1. The molecule has 0 fully saturated rings. The van der Waals surface area contributed by atoms with Gasteiger partial charge in [0.25, 0.3) is 11.6 Å². The number of aromatic nitrogens is 1. The molecular formula is C19H17N3O9. The number of amides is 1. The number of carbonyl (C=O) groups is 2. The summed E-state index contributed by atoms with van der Waals surface area (Å²) in [5.41, 5.74) is 0.223. The molecule has 0 radical (unpaired) electrons. The van der Waals surface area contributed by atoms with Crippen LogP contribution in [0, 0.1) is 10.1 Å². The maximum Gasteiger partial charge on any atom is 0.420 e. The van der Waals surface area contributed by atoms with E-state index in [4.69, 9.17) is 18.6 Å². The van der Waals surface area contributed by atoms with Gasteiger partial charge in [-0.15, -0.1) is 0 Å². The monoisotopic (exact) mass is 431 g/mol. The van der Waals surface area contributed by atoms with Gasteiger partial charge in [-0.25, -0.2) is 4.79 Å². The number of hydrogen-bond acceptors (Lipinski definition) is 9. The van der Waals surface area contributed by atoms with Gasteiger partial charge in [-0.05, 0) is 18.2 Å². The highest BCUT2D eigenvalue weighted by Gasteiger charge is 2.18. The topological polar surface area (TPSA) is 152 Å². The van der Waals surface area contributed by atoms with Crippen LogP contribution >= 0.6 is 0 Å². The Morgan fingerprint density at radius 1 is 1.16 bits per heavy atom. The molecule has 1 aromatic heterocycles. The first kappa shape index (κ1) is 21.4. The van der Waals surface area contributed by atoms with Crippen molar-refractivity contribution >= 4 is 34.4 Å². The van der Waals surface area contributed by atoms with Crippen LogP contribution in [0.2, 0.25) is 0 Å². The van der Waals surface area contributed by atoms with Crippen molar-refractivity contribution in [3.8, 4) is 11.5 Å². The van der Waals surface area contributed by atoms with Crippen molar-refractivity contribution in [3.05, 3.63) is 57.1 Å². The highest BCUT2D eigenvalue weighted by Crippen LogP contribution is 2.28. The van der Waals surface area contributed by atoms with Gasteiger partial charge in [0.15, 0.2) is 12.2 Å². The smallest absolute Gasteiger partial charge is 0.420 e. The van der Waals surface area contributed by atoms with Crippen LogP contribution in [-0.2, 0) is 20.9 Å². The fraction of sp³-hybridized carbons (Fsp3) is 0.211. The lowest BCUT2D eigenvalue weighted by Gasteiger charge is -2.11. The lowest BCUT2D eigenvalue weighted by molar-refractivity contribution is -0.384. The van der Waals surface area contributed by atoms with Crippen LogP contribution < -0.4 is 20.5 Å². The van der Waals surface area contributed by atoms with Gasteiger partial charge in [0, 0.05) is 12.1 Å². The Bertz CT molecular complexity index is 1210. The van der Waals surface area contributed by atoms with Crippen LogP contribution in [0.25, 0.3) is 11.1 Å². The molecule has 1 amide bonds. The van der Waals surface area contributed by atoms with E-state index in [0.717, 1.165) is 10.6 Å². The molecule has 2 aromatic carbocycles. The number of carbonyl (C=O) groups excluding carboxylic acids is 2. The van der Waals surface area contributed by atoms with Crippen molar-refractivity contribution in [2.24, 2.45) is 0 Å². The number of ether oxygens (including phenoxy) is 3. The summed E-state index contributed by atoms with van der Waals surface area (Å²) in [5, 5.41) is 13.4. The molecule has 162 valence electrons. The Balaban J connectivity index is 1.63. The summed E-state index contributed by atoms with van der Waals surface area (Å²) >= 11 is 0. The predicted octanol–water partition coefficient (Wildman–Crippen LogP) is 1.70. The lowest BCUT2D eigenvalue weighted by Crippen LogP contribution is -2.26.